The molecule has 5 nitrogen and oxygen atoms in total. The van der Waals surface area contributed by atoms with Gasteiger partial charge in [-0.25, -0.2) is 9.07 Å². The summed E-state index contributed by atoms with van der Waals surface area (Å²) in [6, 6.07) is 1.55. The monoisotopic (exact) mass is 286 g/mol. The molecule has 1 aliphatic carbocycles. The van der Waals surface area contributed by atoms with Crippen LogP contribution in [0.3, 0.4) is 0 Å². The minimum absolute atomic E-state index is 0.265. The Balaban J connectivity index is 1.86. The topological polar surface area (TPSA) is 59.3 Å². The third-order valence-corrected chi connectivity index (χ3v) is 4.29. The molecule has 0 bridgehead atoms. The van der Waals surface area contributed by atoms with Gasteiger partial charge in [-0.05, 0) is 32.0 Å². The van der Waals surface area contributed by atoms with Crippen LogP contribution in [0.25, 0.3) is 0 Å². The van der Waals surface area contributed by atoms with Crippen LogP contribution in [0.2, 0.25) is 0 Å². The first-order valence-electron chi connectivity index (χ1n) is 7.22. The van der Waals surface area contributed by atoms with E-state index in [9.17, 15) is 9.18 Å². The number of halogens is 1. The number of fused-ring (bicyclic) bond motifs is 3. The third-order valence-electron chi connectivity index (χ3n) is 4.29. The highest BCUT2D eigenvalue weighted by atomic mass is 19.1. The summed E-state index contributed by atoms with van der Waals surface area (Å²) in [6.07, 6.45) is 6.78. The minimum atomic E-state index is -0.350. The molecule has 21 heavy (non-hydrogen) atoms. The van der Waals surface area contributed by atoms with Gasteiger partial charge >= 0.3 is 0 Å². The fraction of sp³-hybridized carbons (Fsp3) is 0.400. The molecule has 0 spiro atoms. The van der Waals surface area contributed by atoms with Crippen molar-refractivity contribution in [3.05, 3.63) is 52.0 Å². The Morgan fingerprint density at radius 1 is 1.33 bits per heavy atom. The summed E-state index contributed by atoms with van der Waals surface area (Å²) >= 11 is 0. The van der Waals surface area contributed by atoms with Gasteiger partial charge in [-0.1, -0.05) is 12.2 Å². The van der Waals surface area contributed by atoms with Crippen LogP contribution in [0.1, 0.15) is 36.2 Å². The third kappa shape index (κ3) is 1.98. The minimum Gasteiger partial charge on any atom is -0.317 e. The summed E-state index contributed by atoms with van der Waals surface area (Å²) < 4.78 is 15.6. The summed E-state index contributed by atoms with van der Waals surface area (Å²) in [7, 11) is 0. The van der Waals surface area contributed by atoms with Crippen LogP contribution in [0.4, 0.5) is 4.39 Å². The quantitative estimate of drug-likeness (QED) is 0.849. The molecule has 1 N–H and O–H groups in total. The Labute approximate surface area is 120 Å². The maximum Gasteiger partial charge on any atom is 0.273 e. The number of piperidine rings is 1. The normalized spacial score (nSPS) is 24.3. The van der Waals surface area contributed by atoms with Crippen LogP contribution in [-0.2, 0) is 0 Å². The van der Waals surface area contributed by atoms with Crippen molar-refractivity contribution in [3.63, 3.8) is 0 Å². The number of aromatic nitrogens is 2. The van der Waals surface area contributed by atoms with Crippen LogP contribution >= 0.6 is 0 Å². The molecular formula is C15H15FN4O. The molecule has 1 aromatic heterocycles. The van der Waals surface area contributed by atoms with Crippen LogP contribution in [0.15, 0.2) is 40.0 Å². The number of nitrogens with zero attached hydrogens (tertiary/aromatic N) is 3. The highest BCUT2D eigenvalue weighted by Crippen LogP contribution is 2.34. The van der Waals surface area contributed by atoms with Crippen molar-refractivity contribution in [2.75, 3.05) is 13.1 Å². The van der Waals surface area contributed by atoms with Gasteiger partial charge in [0.25, 0.3) is 5.56 Å². The molecule has 4 rings (SSSR count). The maximum absolute atomic E-state index is 13.9. The number of hydrogen-bond acceptors (Lipinski definition) is 4. The molecule has 6 heteroatoms. The van der Waals surface area contributed by atoms with E-state index in [1.807, 2.05) is 6.08 Å². The van der Waals surface area contributed by atoms with Gasteiger partial charge in [-0.15, -0.1) is 0 Å². The first-order valence-corrected chi connectivity index (χ1v) is 7.22. The predicted octanol–water partition coefficient (Wildman–Crippen LogP) is 1.43. The van der Waals surface area contributed by atoms with Gasteiger partial charge in [-0.3, -0.25) is 4.79 Å². The summed E-state index contributed by atoms with van der Waals surface area (Å²) in [6.45, 7) is 1.84. The van der Waals surface area contributed by atoms with Crippen molar-refractivity contribution in [1.29, 1.82) is 0 Å². The Hall–Kier alpha value is -2.08. The first kappa shape index (κ1) is 12.6. The molecule has 1 aromatic rings. The van der Waals surface area contributed by atoms with Crippen molar-refractivity contribution < 1.29 is 4.39 Å². The van der Waals surface area contributed by atoms with Crippen LogP contribution in [0, 0.1) is 0 Å². The van der Waals surface area contributed by atoms with Gasteiger partial charge in [0.05, 0.1) is 11.6 Å². The standard InChI is InChI=1S/C15H15FN4O/c16-11-3-1-2-10-14(11)19-20-12(8-13(21)18-15(10)20)9-4-6-17-7-5-9/h1-3,8-10,17H,4-7H2. The summed E-state index contributed by atoms with van der Waals surface area (Å²) in [5.74, 6) is 0.104. The van der Waals surface area contributed by atoms with E-state index in [0.717, 1.165) is 31.6 Å². The molecule has 1 unspecified atom stereocenters. The molecule has 0 aromatic carbocycles. The fourth-order valence-electron chi connectivity index (χ4n) is 3.23. The second-order valence-corrected chi connectivity index (χ2v) is 5.58. The molecule has 0 radical (unpaired) electrons. The SMILES string of the molecule is O=c1cc(C2CCNCC2)n2c(n1)C1C=CC=C(F)C1=N2. The average Bonchev–Trinajstić information content (AvgIpc) is 2.88. The number of nitrogens with one attached hydrogen (secondary N) is 1. The Morgan fingerprint density at radius 3 is 2.95 bits per heavy atom. The van der Waals surface area contributed by atoms with Crippen molar-refractivity contribution in [2.24, 2.45) is 5.10 Å². The van der Waals surface area contributed by atoms with Gasteiger partial charge in [0.1, 0.15) is 17.4 Å². The number of rotatable bonds is 1. The van der Waals surface area contributed by atoms with Crippen molar-refractivity contribution in [1.82, 2.24) is 15.0 Å². The summed E-state index contributed by atoms with van der Waals surface area (Å²) in [4.78, 5) is 16.0. The number of allylic oxidation sites excluding steroid dienone is 4. The van der Waals surface area contributed by atoms with Crippen molar-refractivity contribution in [2.45, 2.75) is 24.7 Å². The molecule has 1 fully saturated rings. The first-order chi connectivity index (χ1) is 10.2. The van der Waals surface area contributed by atoms with E-state index in [0.29, 0.717) is 11.5 Å². The zero-order valence-corrected chi connectivity index (χ0v) is 11.4. The lowest BCUT2D eigenvalue weighted by Crippen LogP contribution is -2.29. The predicted molar refractivity (Wildman–Crippen MR) is 77.2 cm³/mol. The van der Waals surface area contributed by atoms with E-state index in [1.54, 1.807) is 16.8 Å². The highest BCUT2D eigenvalue weighted by Gasteiger charge is 2.34. The molecule has 2 aliphatic heterocycles. The summed E-state index contributed by atoms with van der Waals surface area (Å²) in [5.41, 5.74) is 0.940. The Kier molecular flexibility index (Phi) is 2.85. The lowest BCUT2D eigenvalue weighted by atomic mass is 9.93. The largest absolute Gasteiger partial charge is 0.317 e. The molecule has 1 atom stereocenters. The second-order valence-electron chi connectivity index (χ2n) is 5.58. The van der Waals surface area contributed by atoms with Gasteiger partial charge in [0, 0.05) is 12.0 Å². The van der Waals surface area contributed by atoms with Crippen molar-refractivity contribution in [3.8, 4) is 0 Å². The molecular weight excluding hydrogens is 271 g/mol. The molecule has 0 saturated carbocycles. The van der Waals surface area contributed by atoms with Gasteiger partial charge < -0.3 is 5.32 Å². The molecule has 1 saturated heterocycles. The lowest BCUT2D eigenvalue weighted by Gasteiger charge is -2.24. The fourth-order valence-corrected chi connectivity index (χ4v) is 3.23. The Bertz CT molecular complexity index is 741. The molecule has 108 valence electrons. The zero-order chi connectivity index (χ0) is 14.4. The Morgan fingerprint density at radius 2 is 2.14 bits per heavy atom. The molecule has 3 heterocycles. The van der Waals surface area contributed by atoms with Crippen LogP contribution in [0.5, 0.6) is 0 Å². The average molecular weight is 286 g/mol. The van der Waals surface area contributed by atoms with E-state index in [4.69, 9.17) is 0 Å². The van der Waals surface area contributed by atoms with Gasteiger partial charge in [0.2, 0.25) is 0 Å². The smallest absolute Gasteiger partial charge is 0.273 e. The molecule has 3 aliphatic rings. The highest BCUT2D eigenvalue weighted by molar-refractivity contribution is 6.06. The van der Waals surface area contributed by atoms with Gasteiger partial charge in [-0.2, -0.15) is 10.1 Å². The van der Waals surface area contributed by atoms with Crippen LogP contribution in [-0.4, -0.2) is 28.5 Å². The van der Waals surface area contributed by atoms with Gasteiger partial charge in [0.15, 0.2) is 0 Å². The van der Waals surface area contributed by atoms with Crippen LogP contribution < -0.4 is 10.9 Å². The van der Waals surface area contributed by atoms with Crippen molar-refractivity contribution >= 4 is 5.71 Å². The maximum atomic E-state index is 13.9. The van der Waals surface area contributed by atoms with E-state index >= 15 is 0 Å². The number of hydrogen-bond donors (Lipinski definition) is 1. The van der Waals surface area contributed by atoms with E-state index in [2.05, 4.69) is 15.4 Å². The zero-order valence-electron chi connectivity index (χ0n) is 11.4. The molecule has 0 amide bonds. The lowest BCUT2D eigenvalue weighted by molar-refractivity contribution is 0.439. The van der Waals surface area contributed by atoms with E-state index in [-0.39, 0.29) is 23.2 Å². The van der Waals surface area contributed by atoms with E-state index in [1.165, 1.54) is 6.08 Å². The second kappa shape index (κ2) is 4.73. The summed E-state index contributed by atoms with van der Waals surface area (Å²) in [5, 5.41) is 7.69. The van der Waals surface area contributed by atoms with E-state index < -0.39 is 0 Å².